The molecule has 4 aromatic rings. The van der Waals surface area contributed by atoms with Gasteiger partial charge in [-0.2, -0.15) is 0 Å². The molecule has 0 saturated heterocycles. The summed E-state index contributed by atoms with van der Waals surface area (Å²) >= 11 is 6.34. The Bertz CT molecular complexity index is 1360. The molecule has 0 amide bonds. The first-order valence-corrected chi connectivity index (χ1v) is 13.2. The molecule has 196 valence electrons. The molecule has 0 aliphatic heterocycles. The number of phenols is 6. The van der Waals surface area contributed by atoms with Gasteiger partial charge in [-0.25, -0.2) is 0 Å². The lowest BCUT2D eigenvalue weighted by Gasteiger charge is -2.26. The smallest absolute Gasteiger partial charge is 0.148 e. The summed E-state index contributed by atoms with van der Waals surface area (Å²) in [6.07, 6.45) is 0.298. The van der Waals surface area contributed by atoms with E-state index in [1.54, 1.807) is 24.3 Å². The van der Waals surface area contributed by atoms with Crippen molar-refractivity contribution in [1.29, 1.82) is 0 Å². The van der Waals surface area contributed by atoms with Crippen molar-refractivity contribution in [3.63, 3.8) is 0 Å². The van der Waals surface area contributed by atoms with Crippen molar-refractivity contribution >= 4 is 37.6 Å². The van der Waals surface area contributed by atoms with Gasteiger partial charge in [0.05, 0.1) is 11.8 Å². The van der Waals surface area contributed by atoms with Crippen molar-refractivity contribution in [1.82, 2.24) is 0 Å². The molecular formula is C29H24Br2O7. The van der Waals surface area contributed by atoms with Gasteiger partial charge >= 0.3 is 0 Å². The van der Waals surface area contributed by atoms with Crippen LogP contribution in [-0.4, -0.2) is 36.4 Å². The monoisotopic (exact) mass is 642 g/mol. The summed E-state index contributed by atoms with van der Waals surface area (Å²) in [5, 5.41) is 61.4. The number of carbonyl (C=O) groups is 1. The molecule has 6 N–H and O–H groups in total. The number of hydrogen-bond donors (Lipinski definition) is 6. The topological polar surface area (TPSA) is 138 Å². The van der Waals surface area contributed by atoms with Crippen LogP contribution >= 0.6 is 31.9 Å². The molecule has 2 unspecified atom stereocenters. The highest BCUT2D eigenvalue weighted by atomic mass is 79.9. The van der Waals surface area contributed by atoms with E-state index in [0.29, 0.717) is 11.1 Å². The quantitative estimate of drug-likeness (QED) is 0.131. The molecule has 38 heavy (non-hydrogen) atoms. The molecule has 9 heteroatoms. The Labute approximate surface area is 235 Å². The van der Waals surface area contributed by atoms with Crippen molar-refractivity contribution in [2.45, 2.75) is 24.7 Å². The maximum absolute atomic E-state index is 14.4. The van der Waals surface area contributed by atoms with Gasteiger partial charge in [-0.3, -0.25) is 4.79 Å². The van der Waals surface area contributed by atoms with Crippen LogP contribution in [0.2, 0.25) is 0 Å². The standard InChI is InChI=1S/C29H24Br2O7/c30-25-23(34)11-9-19(28(25)37)21(13-15-1-5-17(32)6-2-15)27(36)22(14-16-3-7-18(33)8-4-16)20-10-12-24(35)26(31)29(20)38/h1-12,21-22,32-35,37-38H,13-14H2. The highest BCUT2D eigenvalue weighted by Crippen LogP contribution is 2.45. The van der Waals surface area contributed by atoms with Crippen LogP contribution < -0.4 is 0 Å². The molecular weight excluding hydrogens is 620 g/mol. The summed E-state index contributed by atoms with van der Waals surface area (Å²) < 4.78 is 0.0904. The summed E-state index contributed by atoms with van der Waals surface area (Å²) in [6.45, 7) is 0. The summed E-state index contributed by atoms with van der Waals surface area (Å²) in [6, 6.07) is 18.4. The zero-order chi connectivity index (χ0) is 27.6. The highest BCUT2D eigenvalue weighted by molar-refractivity contribution is 9.11. The van der Waals surface area contributed by atoms with Crippen molar-refractivity contribution in [3.8, 4) is 34.5 Å². The van der Waals surface area contributed by atoms with Gasteiger partial charge in [0.15, 0.2) is 0 Å². The predicted octanol–water partition coefficient (Wildman–Crippen LogP) is 6.37. The second kappa shape index (κ2) is 11.4. The number of ketones is 1. The zero-order valence-electron chi connectivity index (χ0n) is 19.8. The second-order valence-corrected chi connectivity index (χ2v) is 10.5. The Morgan fingerprint density at radius 2 is 0.895 bits per heavy atom. The molecule has 7 nitrogen and oxygen atoms in total. The number of carbonyl (C=O) groups excluding carboxylic acids is 1. The third kappa shape index (κ3) is 5.74. The van der Waals surface area contributed by atoms with Gasteiger partial charge in [0.2, 0.25) is 0 Å². The minimum absolute atomic E-state index is 0.0452. The summed E-state index contributed by atoms with van der Waals surface area (Å²) in [4.78, 5) is 14.4. The maximum Gasteiger partial charge on any atom is 0.148 e. The SMILES string of the molecule is O=C(C(Cc1ccc(O)cc1)c1ccc(O)c(Br)c1O)C(Cc1ccc(O)cc1)c1ccc(O)c(Br)c1O. The average molecular weight is 644 g/mol. The fourth-order valence-electron chi connectivity index (χ4n) is 4.41. The number of benzene rings is 4. The first-order chi connectivity index (χ1) is 18.1. The molecule has 0 spiro atoms. The molecule has 4 rings (SSSR count). The van der Waals surface area contributed by atoms with E-state index < -0.39 is 11.8 Å². The van der Waals surface area contributed by atoms with E-state index in [-0.39, 0.29) is 73.2 Å². The molecule has 0 heterocycles. The first kappa shape index (κ1) is 27.3. The maximum atomic E-state index is 14.4. The van der Waals surface area contributed by atoms with Gasteiger partial charge in [-0.15, -0.1) is 0 Å². The number of hydrogen-bond acceptors (Lipinski definition) is 7. The van der Waals surface area contributed by atoms with E-state index in [0.717, 1.165) is 0 Å². The number of halogens is 2. The Hall–Kier alpha value is -3.69. The fraction of sp³-hybridized carbons (Fsp3) is 0.138. The normalized spacial score (nSPS) is 12.7. The molecule has 2 atom stereocenters. The Kier molecular flexibility index (Phi) is 8.18. The van der Waals surface area contributed by atoms with Crippen LogP contribution in [0.1, 0.15) is 34.1 Å². The van der Waals surface area contributed by atoms with Crippen LogP contribution in [0, 0.1) is 0 Å². The third-order valence-corrected chi connectivity index (χ3v) is 8.01. The van der Waals surface area contributed by atoms with Crippen molar-refractivity contribution in [2.24, 2.45) is 0 Å². The van der Waals surface area contributed by atoms with Crippen LogP contribution in [0.15, 0.2) is 81.7 Å². The van der Waals surface area contributed by atoms with Gasteiger partial charge < -0.3 is 30.6 Å². The lowest BCUT2D eigenvalue weighted by Crippen LogP contribution is -2.24. The van der Waals surface area contributed by atoms with Crippen molar-refractivity contribution < 1.29 is 35.4 Å². The molecule has 0 aromatic heterocycles. The molecule has 0 fully saturated rings. The number of rotatable bonds is 8. The Morgan fingerprint density at radius 3 is 1.24 bits per heavy atom. The average Bonchev–Trinajstić information content (AvgIpc) is 2.90. The van der Waals surface area contributed by atoms with Crippen LogP contribution in [0.5, 0.6) is 34.5 Å². The van der Waals surface area contributed by atoms with E-state index in [4.69, 9.17) is 0 Å². The molecule has 4 aromatic carbocycles. The minimum Gasteiger partial charge on any atom is -0.508 e. The zero-order valence-corrected chi connectivity index (χ0v) is 23.0. The molecule has 0 aliphatic rings. The van der Waals surface area contributed by atoms with E-state index >= 15 is 0 Å². The molecule has 0 bridgehead atoms. The predicted molar refractivity (Wildman–Crippen MR) is 149 cm³/mol. The van der Waals surface area contributed by atoms with E-state index in [2.05, 4.69) is 31.9 Å². The molecule has 0 aliphatic carbocycles. The van der Waals surface area contributed by atoms with Crippen LogP contribution in [0.3, 0.4) is 0 Å². The minimum atomic E-state index is -0.925. The van der Waals surface area contributed by atoms with Crippen molar-refractivity contribution in [3.05, 3.63) is 104 Å². The number of aromatic hydroxyl groups is 6. The summed E-state index contributed by atoms with van der Waals surface area (Å²) in [5.41, 5.74) is 1.95. The van der Waals surface area contributed by atoms with E-state index in [1.807, 2.05) is 0 Å². The van der Waals surface area contributed by atoms with Gasteiger partial charge in [-0.05, 0) is 92.2 Å². The lowest BCUT2D eigenvalue weighted by atomic mass is 9.77. The number of Topliss-reactive ketones (excluding diaryl/α,β-unsaturated/α-hetero) is 1. The van der Waals surface area contributed by atoms with Gasteiger partial charge in [0, 0.05) is 11.1 Å². The van der Waals surface area contributed by atoms with Crippen LogP contribution in [-0.2, 0) is 17.6 Å². The van der Waals surface area contributed by atoms with E-state index in [1.165, 1.54) is 48.5 Å². The van der Waals surface area contributed by atoms with Gasteiger partial charge in [-0.1, -0.05) is 36.4 Å². The first-order valence-electron chi connectivity index (χ1n) is 11.6. The van der Waals surface area contributed by atoms with Crippen LogP contribution in [0.4, 0.5) is 0 Å². The largest absolute Gasteiger partial charge is 0.508 e. The van der Waals surface area contributed by atoms with Crippen molar-refractivity contribution in [2.75, 3.05) is 0 Å². The van der Waals surface area contributed by atoms with E-state index in [9.17, 15) is 35.4 Å². The highest BCUT2D eigenvalue weighted by Gasteiger charge is 2.34. The Balaban J connectivity index is 1.86. The summed E-state index contributed by atoms with van der Waals surface area (Å²) in [7, 11) is 0. The van der Waals surface area contributed by atoms with Gasteiger partial charge in [0.25, 0.3) is 0 Å². The molecule has 0 saturated carbocycles. The molecule has 0 radical (unpaired) electrons. The van der Waals surface area contributed by atoms with Gasteiger partial charge in [0.1, 0.15) is 49.2 Å². The Morgan fingerprint density at radius 1 is 0.553 bits per heavy atom. The second-order valence-electron chi connectivity index (χ2n) is 8.92. The lowest BCUT2D eigenvalue weighted by molar-refractivity contribution is -0.122. The third-order valence-electron chi connectivity index (χ3n) is 6.44. The fourth-order valence-corrected chi connectivity index (χ4v) is 5.13. The summed E-state index contributed by atoms with van der Waals surface area (Å²) in [5.74, 6) is -3.02. The van der Waals surface area contributed by atoms with Crippen LogP contribution in [0.25, 0.3) is 0 Å². The number of phenolic OH excluding ortho intramolecular Hbond substituents is 6.